The molecule has 0 spiro atoms. The summed E-state index contributed by atoms with van der Waals surface area (Å²) in [7, 11) is 1.60. The summed E-state index contributed by atoms with van der Waals surface area (Å²) in [6.07, 6.45) is 4.04. The van der Waals surface area contributed by atoms with Crippen LogP contribution in [0.25, 0.3) is 0 Å². The van der Waals surface area contributed by atoms with Gasteiger partial charge in [0.2, 0.25) is 6.08 Å². The second-order valence-electron chi connectivity index (χ2n) is 4.15. The molecule has 0 bridgehead atoms. The van der Waals surface area contributed by atoms with Gasteiger partial charge in [0.15, 0.2) is 11.5 Å². The minimum absolute atomic E-state index is 0.322. The Morgan fingerprint density at radius 1 is 1.41 bits per heavy atom. The summed E-state index contributed by atoms with van der Waals surface area (Å²) in [5, 5.41) is 0. The lowest BCUT2D eigenvalue weighted by molar-refractivity contribution is 0.280. The fourth-order valence-electron chi connectivity index (χ4n) is 1.55. The maximum absolute atomic E-state index is 10.0. The van der Waals surface area contributed by atoms with Crippen LogP contribution >= 0.6 is 0 Å². The number of hydrogen-bond acceptors (Lipinski definition) is 4. The van der Waals surface area contributed by atoms with Crippen LogP contribution in [-0.2, 0) is 11.3 Å². The predicted molar refractivity (Wildman–Crippen MR) is 63.0 cm³/mol. The number of rotatable bonds is 6. The van der Waals surface area contributed by atoms with Crippen LogP contribution in [0.15, 0.2) is 23.2 Å². The zero-order valence-corrected chi connectivity index (χ0v) is 9.81. The zero-order valence-electron chi connectivity index (χ0n) is 9.81. The molecule has 0 heterocycles. The topological polar surface area (TPSA) is 47.9 Å². The van der Waals surface area contributed by atoms with Crippen molar-refractivity contribution < 1.29 is 14.3 Å². The highest BCUT2D eigenvalue weighted by atomic mass is 16.5. The maximum Gasteiger partial charge on any atom is 0.235 e. The zero-order chi connectivity index (χ0) is 12.1. The number of isocyanates is 1. The third kappa shape index (κ3) is 3.33. The van der Waals surface area contributed by atoms with Crippen molar-refractivity contribution in [3.8, 4) is 11.5 Å². The van der Waals surface area contributed by atoms with Crippen LogP contribution < -0.4 is 9.47 Å². The maximum atomic E-state index is 10.0. The lowest BCUT2D eigenvalue weighted by Gasteiger charge is -2.11. The molecule has 17 heavy (non-hydrogen) atoms. The lowest BCUT2D eigenvalue weighted by atomic mass is 10.2. The molecule has 4 nitrogen and oxygen atoms in total. The second kappa shape index (κ2) is 5.51. The minimum atomic E-state index is 0.322. The van der Waals surface area contributed by atoms with Crippen LogP contribution in [0.5, 0.6) is 11.5 Å². The van der Waals surface area contributed by atoms with Crippen molar-refractivity contribution in [3.63, 3.8) is 0 Å². The molecule has 1 aliphatic rings. The van der Waals surface area contributed by atoms with E-state index in [1.165, 1.54) is 18.9 Å². The number of hydrogen-bond donors (Lipinski definition) is 0. The third-order valence-corrected chi connectivity index (χ3v) is 2.73. The molecular weight excluding hydrogens is 218 g/mol. The highest BCUT2D eigenvalue weighted by molar-refractivity contribution is 5.43. The number of nitrogens with zero attached hydrogens (tertiary/aromatic N) is 1. The predicted octanol–water partition coefficient (Wildman–Crippen LogP) is 2.32. The Hall–Kier alpha value is -1.80. The Balaban J connectivity index is 2.06. The Morgan fingerprint density at radius 2 is 2.24 bits per heavy atom. The van der Waals surface area contributed by atoms with Crippen molar-refractivity contribution in [2.75, 3.05) is 13.7 Å². The van der Waals surface area contributed by atoms with E-state index in [2.05, 4.69) is 4.99 Å². The average Bonchev–Trinajstić information content (AvgIpc) is 3.18. The summed E-state index contributed by atoms with van der Waals surface area (Å²) < 4.78 is 10.9. The molecule has 0 unspecified atom stereocenters. The van der Waals surface area contributed by atoms with Crippen LogP contribution in [0.1, 0.15) is 18.4 Å². The highest BCUT2D eigenvalue weighted by Gasteiger charge is 2.22. The SMILES string of the molecule is COc1cc(CN=C=O)ccc1OCC1CC1. The molecule has 1 aromatic carbocycles. The summed E-state index contributed by atoms with van der Waals surface area (Å²) in [6, 6.07) is 5.57. The molecule has 1 saturated carbocycles. The second-order valence-corrected chi connectivity index (χ2v) is 4.15. The molecule has 0 aliphatic heterocycles. The van der Waals surface area contributed by atoms with Gasteiger partial charge in [0, 0.05) is 0 Å². The van der Waals surface area contributed by atoms with Crippen LogP contribution in [0.3, 0.4) is 0 Å². The van der Waals surface area contributed by atoms with E-state index >= 15 is 0 Å². The summed E-state index contributed by atoms with van der Waals surface area (Å²) in [4.78, 5) is 13.6. The Morgan fingerprint density at radius 3 is 2.88 bits per heavy atom. The van der Waals surface area contributed by atoms with Crippen LogP contribution in [0, 0.1) is 5.92 Å². The summed E-state index contributed by atoms with van der Waals surface area (Å²) in [5.74, 6) is 2.14. The largest absolute Gasteiger partial charge is 0.493 e. The standard InChI is InChI=1S/C13H15NO3/c1-16-13-6-11(7-14-9-15)4-5-12(13)17-8-10-2-3-10/h4-6,10H,2-3,7-8H2,1H3. The molecule has 0 N–H and O–H groups in total. The van der Waals surface area contributed by atoms with Crippen LogP contribution in [-0.4, -0.2) is 19.8 Å². The van der Waals surface area contributed by atoms with Crippen LogP contribution in [0.2, 0.25) is 0 Å². The number of carbonyl (C=O) groups excluding carboxylic acids is 1. The van der Waals surface area contributed by atoms with Crippen molar-refractivity contribution in [1.29, 1.82) is 0 Å². The molecule has 0 radical (unpaired) electrons. The van der Waals surface area contributed by atoms with Crippen molar-refractivity contribution in [2.24, 2.45) is 10.9 Å². The van der Waals surface area contributed by atoms with E-state index in [9.17, 15) is 4.79 Å². The summed E-state index contributed by atoms with van der Waals surface area (Å²) in [5.41, 5.74) is 0.906. The first-order chi connectivity index (χ1) is 8.33. The van der Waals surface area contributed by atoms with E-state index in [4.69, 9.17) is 9.47 Å². The van der Waals surface area contributed by atoms with Gasteiger partial charge >= 0.3 is 0 Å². The van der Waals surface area contributed by atoms with E-state index in [1.54, 1.807) is 7.11 Å². The molecular formula is C13H15NO3. The monoisotopic (exact) mass is 233 g/mol. The fourth-order valence-corrected chi connectivity index (χ4v) is 1.55. The fraction of sp³-hybridized carbons (Fsp3) is 0.462. The molecule has 90 valence electrons. The summed E-state index contributed by atoms with van der Waals surface area (Å²) in [6.45, 7) is 1.07. The van der Waals surface area contributed by atoms with E-state index in [0.29, 0.717) is 18.2 Å². The van der Waals surface area contributed by atoms with Crippen molar-refractivity contribution in [3.05, 3.63) is 23.8 Å². The van der Waals surface area contributed by atoms with E-state index in [0.717, 1.165) is 17.9 Å². The van der Waals surface area contributed by atoms with Gasteiger partial charge in [0.25, 0.3) is 0 Å². The number of methoxy groups -OCH3 is 1. The third-order valence-electron chi connectivity index (χ3n) is 2.73. The van der Waals surface area contributed by atoms with Gasteiger partial charge in [-0.2, -0.15) is 0 Å². The van der Waals surface area contributed by atoms with Gasteiger partial charge in [0.05, 0.1) is 20.3 Å². The Kier molecular flexibility index (Phi) is 3.78. The van der Waals surface area contributed by atoms with Gasteiger partial charge in [-0.05, 0) is 36.5 Å². The minimum Gasteiger partial charge on any atom is -0.493 e. The van der Waals surface area contributed by atoms with Gasteiger partial charge in [-0.15, -0.1) is 0 Å². The first-order valence-electron chi connectivity index (χ1n) is 5.67. The molecule has 0 atom stereocenters. The van der Waals surface area contributed by atoms with Crippen molar-refractivity contribution in [1.82, 2.24) is 0 Å². The van der Waals surface area contributed by atoms with Gasteiger partial charge in [-0.3, -0.25) is 0 Å². The van der Waals surface area contributed by atoms with E-state index < -0.39 is 0 Å². The molecule has 4 heteroatoms. The number of aliphatic imine (C=N–C) groups is 1. The van der Waals surface area contributed by atoms with E-state index in [1.807, 2.05) is 18.2 Å². The number of benzene rings is 1. The summed E-state index contributed by atoms with van der Waals surface area (Å²) >= 11 is 0. The highest BCUT2D eigenvalue weighted by Crippen LogP contribution is 2.33. The van der Waals surface area contributed by atoms with Gasteiger partial charge in [-0.25, -0.2) is 9.79 Å². The Bertz CT molecular complexity index is 434. The van der Waals surface area contributed by atoms with Gasteiger partial charge in [0.1, 0.15) is 0 Å². The van der Waals surface area contributed by atoms with Gasteiger partial charge < -0.3 is 9.47 Å². The van der Waals surface area contributed by atoms with Crippen LogP contribution in [0.4, 0.5) is 0 Å². The Labute approximate surface area is 100 Å². The average molecular weight is 233 g/mol. The van der Waals surface area contributed by atoms with E-state index in [-0.39, 0.29) is 0 Å². The lowest BCUT2D eigenvalue weighted by Crippen LogP contribution is -2.01. The molecule has 0 amide bonds. The molecule has 2 rings (SSSR count). The molecule has 1 fully saturated rings. The van der Waals surface area contributed by atoms with Crippen molar-refractivity contribution in [2.45, 2.75) is 19.4 Å². The number of ether oxygens (including phenoxy) is 2. The first-order valence-corrected chi connectivity index (χ1v) is 5.67. The first kappa shape index (κ1) is 11.7. The molecule has 0 saturated heterocycles. The molecule has 0 aromatic heterocycles. The normalized spacial score (nSPS) is 13.9. The smallest absolute Gasteiger partial charge is 0.235 e. The molecule has 1 aliphatic carbocycles. The quantitative estimate of drug-likeness (QED) is 0.559. The van der Waals surface area contributed by atoms with Crippen molar-refractivity contribution >= 4 is 6.08 Å². The molecule has 1 aromatic rings. The van der Waals surface area contributed by atoms with Gasteiger partial charge in [-0.1, -0.05) is 6.07 Å².